The van der Waals surface area contributed by atoms with Crippen molar-refractivity contribution in [1.29, 1.82) is 0 Å². The Hall–Kier alpha value is -2.39. The predicted octanol–water partition coefficient (Wildman–Crippen LogP) is 1.82. The quantitative estimate of drug-likeness (QED) is 0.751. The maximum Gasteiger partial charge on any atom is 0.220 e. The van der Waals surface area contributed by atoms with E-state index in [1.165, 1.54) is 10.6 Å². The Morgan fingerprint density at radius 1 is 1.36 bits per heavy atom. The molecule has 1 amide bonds. The number of hydrogen-bond acceptors (Lipinski definition) is 6. The number of aryl methyl sites for hydroxylation is 1. The maximum absolute atomic E-state index is 12.2. The number of ether oxygens (including phenoxy) is 1. The third-order valence-corrected chi connectivity index (χ3v) is 5.98. The van der Waals surface area contributed by atoms with Gasteiger partial charge in [0.25, 0.3) is 0 Å². The summed E-state index contributed by atoms with van der Waals surface area (Å²) in [4.78, 5) is 16.5. The number of carbonyl (C=O) groups excluding carboxylic acids is 1. The first-order valence-corrected chi connectivity index (χ1v) is 11.0. The van der Waals surface area contributed by atoms with Gasteiger partial charge < -0.3 is 14.5 Å². The number of nitrogens with zero attached hydrogens (tertiary/aromatic N) is 2. The molecule has 1 atom stereocenters. The molecule has 0 saturated carbocycles. The Labute approximate surface area is 164 Å². The fourth-order valence-electron chi connectivity index (χ4n) is 3.20. The second kappa shape index (κ2) is 8.74. The normalized spacial score (nSPS) is 18.0. The highest BCUT2D eigenvalue weighted by Gasteiger charge is 2.26. The van der Waals surface area contributed by atoms with E-state index in [-0.39, 0.29) is 18.4 Å². The maximum atomic E-state index is 12.2. The van der Waals surface area contributed by atoms with Gasteiger partial charge in [-0.1, -0.05) is 0 Å². The molecule has 28 heavy (non-hydrogen) atoms. The van der Waals surface area contributed by atoms with Crippen molar-refractivity contribution in [2.75, 3.05) is 26.5 Å². The minimum Gasteiger partial charge on any atom is -0.497 e. The van der Waals surface area contributed by atoms with Crippen molar-refractivity contribution >= 4 is 15.9 Å². The summed E-state index contributed by atoms with van der Waals surface area (Å²) < 4.78 is 35.6. The van der Waals surface area contributed by atoms with Gasteiger partial charge in [0, 0.05) is 37.5 Å². The Balaban J connectivity index is 1.50. The summed E-state index contributed by atoms with van der Waals surface area (Å²) in [6.07, 6.45) is 4.96. The third-order valence-electron chi connectivity index (χ3n) is 4.71. The van der Waals surface area contributed by atoms with E-state index in [0.717, 1.165) is 24.2 Å². The highest BCUT2D eigenvalue weighted by Crippen LogP contribution is 2.23. The third kappa shape index (κ3) is 5.32. The summed E-state index contributed by atoms with van der Waals surface area (Å²) in [6, 6.07) is 7.29. The molecular formula is C19H25N3O5S. The number of nitrogens with one attached hydrogen (secondary N) is 1. The molecular weight excluding hydrogens is 382 g/mol. The van der Waals surface area contributed by atoms with Gasteiger partial charge in [-0.05, 0) is 37.1 Å². The van der Waals surface area contributed by atoms with Crippen LogP contribution < -0.4 is 10.1 Å². The number of sulfonamides is 1. The van der Waals surface area contributed by atoms with Crippen LogP contribution in [0.2, 0.25) is 0 Å². The number of carbonyl (C=O) groups is 1. The lowest BCUT2D eigenvalue weighted by Gasteiger charge is -2.31. The molecule has 1 saturated heterocycles. The molecule has 0 spiro atoms. The Morgan fingerprint density at radius 3 is 2.79 bits per heavy atom. The molecule has 1 aliphatic heterocycles. The first-order valence-electron chi connectivity index (χ1n) is 9.19. The number of oxazole rings is 1. The van der Waals surface area contributed by atoms with Gasteiger partial charge in [-0.25, -0.2) is 17.7 Å². The Kier molecular flexibility index (Phi) is 6.35. The number of benzene rings is 1. The second-order valence-electron chi connectivity index (χ2n) is 6.87. The minimum absolute atomic E-state index is 0.135. The molecule has 1 N–H and O–H groups in total. The van der Waals surface area contributed by atoms with Crippen LogP contribution in [0.5, 0.6) is 5.75 Å². The van der Waals surface area contributed by atoms with Crippen molar-refractivity contribution in [3.8, 4) is 17.1 Å². The minimum atomic E-state index is -3.23. The molecule has 0 bridgehead atoms. The lowest BCUT2D eigenvalue weighted by molar-refractivity contribution is -0.122. The van der Waals surface area contributed by atoms with Gasteiger partial charge in [-0.15, -0.1) is 0 Å². The molecule has 1 aromatic carbocycles. The highest BCUT2D eigenvalue weighted by molar-refractivity contribution is 7.88. The summed E-state index contributed by atoms with van der Waals surface area (Å²) in [6.45, 7) is 0.834. The highest BCUT2D eigenvalue weighted by atomic mass is 32.2. The largest absolute Gasteiger partial charge is 0.497 e. The monoisotopic (exact) mass is 407 g/mol. The van der Waals surface area contributed by atoms with Crippen molar-refractivity contribution in [3.63, 3.8) is 0 Å². The molecule has 0 aliphatic carbocycles. The second-order valence-corrected chi connectivity index (χ2v) is 8.86. The van der Waals surface area contributed by atoms with E-state index in [0.29, 0.717) is 31.2 Å². The molecule has 1 unspecified atom stereocenters. The fraction of sp³-hybridized carbons (Fsp3) is 0.474. The smallest absolute Gasteiger partial charge is 0.220 e. The standard InChI is InChI=1S/C19H25N3O5S/c1-26-16-7-5-14(6-8-16)17-12-20-19(27-17)10-9-18(23)21-15-4-3-11-22(13-15)28(2,24)25/h5-8,12,15H,3-4,9-11,13H2,1-2H3,(H,21,23). The van der Waals surface area contributed by atoms with E-state index in [2.05, 4.69) is 10.3 Å². The van der Waals surface area contributed by atoms with Gasteiger partial charge >= 0.3 is 0 Å². The van der Waals surface area contributed by atoms with Crippen molar-refractivity contribution < 1.29 is 22.4 Å². The molecule has 2 aromatic rings. The average molecular weight is 407 g/mol. The van der Waals surface area contributed by atoms with Crippen LogP contribution in [0, 0.1) is 0 Å². The molecule has 1 aliphatic rings. The van der Waals surface area contributed by atoms with Crippen LogP contribution in [0.25, 0.3) is 11.3 Å². The van der Waals surface area contributed by atoms with Crippen LogP contribution in [0.1, 0.15) is 25.2 Å². The van der Waals surface area contributed by atoms with Crippen LogP contribution in [0.15, 0.2) is 34.9 Å². The molecule has 1 aromatic heterocycles. The van der Waals surface area contributed by atoms with Crippen LogP contribution in [0.4, 0.5) is 0 Å². The number of methoxy groups -OCH3 is 1. The van der Waals surface area contributed by atoms with Crippen LogP contribution in [-0.4, -0.2) is 56.1 Å². The summed E-state index contributed by atoms with van der Waals surface area (Å²) in [5.74, 6) is 1.75. The van der Waals surface area contributed by atoms with E-state index < -0.39 is 10.0 Å². The van der Waals surface area contributed by atoms with Gasteiger partial charge in [0.15, 0.2) is 11.7 Å². The zero-order valence-corrected chi connectivity index (χ0v) is 16.9. The Bertz CT molecular complexity index is 908. The molecule has 2 heterocycles. The molecule has 9 heteroatoms. The van der Waals surface area contributed by atoms with Crippen molar-refractivity contribution in [1.82, 2.24) is 14.6 Å². The topological polar surface area (TPSA) is 102 Å². The van der Waals surface area contributed by atoms with E-state index in [4.69, 9.17) is 9.15 Å². The lowest BCUT2D eigenvalue weighted by Crippen LogP contribution is -2.49. The van der Waals surface area contributed by atoms with Crippen LogP contribution >= 0.6 is 0 Å². The van der Waals surface area contributed by atoms with E-state index in [1.807, 2.05) is 24.3 Å². The first kappa shape index (κ1) is 20.3. The number of rotatable bonds is 7. The number of hydrogen-bond donors (Lipinski definition) is 1. The molecule has 3 rings (SSSR count). The van der Waals surface area contributed by atoms with Gasteiger partial charge in [0.1, 0.15) is 5.75 Å². The van der Waals surface area contributed by atoms with Crippen molar-refractivity contribution in [2.45, 2.75) is 31.7 Å². The van der Waals surface area contributed by atoms with Gasteiger partial charge in [-0.2, -0.15) is 0 Å². The Morgan fingerprint density at radius 2 is 2.11 bits per heavy atom. The lowest BCUT2D eigenvalue weighted by atomic mass is 10.1. The van der Waals surface area contributed by atoms with E-state index in [1.54, 1.807) is 13.3 Å². The molecule has 0 radical (unpaired) electrons. The fourth-order valence-corrected chi connectivity index (χ4v) is 4.11. The van der Waals surface area contributed by atoms with Gasteiger partial charge in [0.05, 0.1) is 19.6 Å². The van der Waals surface area contributed by atoms with Crippen LogP contribution in [-0.2, 0) is 21.2 Å². The summed E-state index contributed by atoms with van der Waals surface area (Å²) in [5.41, 5.74) is 0.882. The first-order chi connectivity index (χ1) is 13.3. The zero-order valence-electron chi connectivity index (χ0n) is 16.1. The van der Waals surface area contributed by atoms with Crippen molar-refractivity contribution in [2.24, 2.45) is 0 Å². The summed E-state index contributed by atoms with van der Waals surface area (Å²) in [5, 5.41) is 2.91. The number of amides is 1. The van der Waals surface area contributed by atoms with Gasteiger partial charge in [-0.3, -0.25) is 4.79 Å². The summed E-state index contributed by atoms with van der Waals surface area (Å²) >= 11 is 0. The van der Waals surface area contributed by atoms with E-state index in [9.17, 15) is 13.2 Å². The average Bonchev–Trinajstić information content (AvgIpc) is 3.15. The molecule has 152 valence electrons. The predicted molar refractivity (Wildman–Crippen MR) is 104 cm³/mol. The van der Waals surface area contributed by atoms with E-state index >= 15 is 0 Å². The summed E-state index contributed by atoms with van der Waals surface area (Å²) in [7, 11) is -1.62. The van der Waals surface area contributed by atoms with Crippen LogP contribution in [0.3, 0.4) is 0 Å². The molecule has 1 fully saturated rings. The zero-order chi connectivity index (χ0) is 20.1. The SMILES string of the molecule is COc1ccc(-c2cnc(CCC(=O)NC3CCCN(S(C)(=O)=O)C3)o2)cc1. The van der Waals surface area contributed by atoms with Crippen molar-refractivity contribution in [3.05, 3.63) is 36.4 Å². The number of piperidine rings is 1. The van der Waals surface area contributed by atoms with Gasteiger partial charge in [0.2, 0.25) is 15.9 Å². The number of aromatic nitrogens is 1. The molecule has 8 nitrogen and oxygen atoms in total.